The molecule has 1 aromatic carbocycles. The Balaban J connectivity index is 1.39. The Morgan fingerprint density at radius 3 is 2.77 bits per heavy atom. The molecule has 0 fully saturated rings. The SMILES string of the molecule is C=CCn1c(COc2ccc(CC)cc2)nnc1SCC(=O)Nc1sc2c(c1C(=O)OC)CCC2. The van der Waals surface area contributed by atoms with Gasteiger partial charge in [-0.25, -0.2) is 4.79 Å². The molecule has 1 amide bonds. The van der Waals surface area contributed by atoms with Crippen molar-refractivity contribution < 1.29 is 19.1 Å². The number of nitrogens with zero attached hydrogens (tertiary/aromatic N) is 3. The van der Waals surface area contributed by atoms with Crippen molar-refractivity contribution >= 4 is 40.0 Å². The highest BCUT2D eigenvalue weighted by Gasteiger charge is 2.28. The Labute approximate surface area is 212 Å². The number of allylic oxidation sites excluding steroid dienone is 1. The molecule has 8 nitrogen and oxygen atoms in total. The van der Waals surface area contributed by atoms with E-state index in [4.69, 9.17) is 9.47 Å². The zero-order valence-electron chi connectivity index (χ0n) is 19.8. The number of hydrogen-bond acceptors (Lipinski definition) is 8. The van der Waals surface area contributed by atoms with Crippen LogP contribution in [0.2, 0.25) is 0 Å². The minimum absolute atomic E-state index is 0.123. The van der Waals surface area contributed by atoms with Crippen LogP contribution in [-0.2, 0) is 41.9 Å². The van der Waals surface area contributed by atoms with Gasteiger partial charge in [0.2, 0.25) is 5.91 Å². The number of carbonyl (C=O) groups excluding carboxylic acids is 2. The standard InChI is InChI=1S/C25H28N4O4S2/c1-4-13-29-20(14-33-17-11-9-16(5-2)10-12-17)27-28-25(29)34-15-21(30)26-23-22(24(31)32-3)18-7-6-8-19(18)35-23/h4,9-12H,1,5-8,13-15H2,2-3H3,(H,26,30). The molecule has 2 aromatic heterocycles. The summed E-state index contributed by atoms with van der Waals surface area (Å²) < 4.78 is 12.7. The molecular formula is C25H28N4O4S2. The lowest BCUT2D eigenvalue weighted by atomic mass is 10.1. The monoisotopic (exact) mass is 512 g/mol. The second kappa shape index (κ2) is 11.5. The molecule has 4 rings (SSSR count). The number of aryl methyl sites for hydroxylation is 2. The van der Waals surface area contributed by atoms with Crippen LogP contribution in [0.15, 0.2) is 42.1 Å². The number of esters is 1. The number of aromatic nitrogens is 3. The quantitative estimate of drug-likeness (QED) is 0.227. The van der Waals surface area contributed by atoms with Gasteiger partial charge >= 0.3 is 5.97 Å². The number of anilines is 1. The van der Waals surface area contributed by atoms with Gasteiger partial charge in [0, 0.05) is 11.4 Å². The van der Waals surface area contributed by atoms with Crippen LogP contribution in [0.3, 0.4) is 0 Å². The fraction of sp³-hybridized carbons (Fsp3) is 0.360. The van der Waals surface area contributed by atoms with Crippen LogP contribution >= 0.6 is 23.1 Å². The van der Waals surface area contributed by atoms with Crippen molar-refractivity contribution in [2.45, 2.75) is 50.9 Å². The number of methoxy groups -OCH3 is 1. The van der Waals surface area contributed by atoms with Gasteiger partial charge in [-0.15, -0.1) is 28.1 Å². The average Bonchev–Trinajstić information content (AvgIpc) is 3.56. The zero-order valence-corrected chi connectivity index (χ0v) is 21.5. The summed E-state index contributed by atoms with van der Waals surface area (Å²) in [5.74, 6) is 0.898. The smallest absolute Gasteiger partial charge is 0.341 e. The summed E-state index contributed by atoms with van der Waals surface area (Å²) >= 11 is 2.73. The highest BCUT2D eigenvalue weighted by molar-refractivity contribution is 7.99. The summed E-state index contributed by atoms with van der Waals surface area (Å²) in [7, 11) is 1.36. The molecule has 0 saturated heterocycles. The number of fused-ring (bicyclic) bond motifs is 1. The van der Waals surface area contributed by atoms with E-state index in [9.17, 15) is 9.59 Å². The molecule has 1 aliphatic carbocycles. The third kappa shape index (κ3) is 5.76. The minimum atomic E-state index is -0.410. The fourth-order valence-corrected chi connectivity index (χ4v) is 5.98. The second-order valence-corrected chi connectivity index (χ2v) is 10.0. The van der Waals surface area contributed by atoms with Crippen molar-refractivity contribution in [1.29, 1.82) is 0 Å². The number of hydrogen-bond donors (Lipinski definition) is 1. The Bertz CT molecular complexity index is 1220. The fourth-order valence-electron chi connectivity index (χ4n) is 3.92. The van der Waals surface area contributed by atoms with E-state index in [1.807, 2.05) is 28.8 Å². The highest BCUT2D eigenvalue weighted by Crippen LogP contribution is 2.39. The maximum Gasteiger partial charge on any atom is 0.341 e. The first kappa shape index (κ1) is 25.0. The van der Waals surface area contributed by atoms with Gasteiger partial charge in [-0.3, -0.25) is 9.36 Å². The van der Waals surface area contributed by atoms with Crippen molar-refractivity contribution in [3.05, 3.63) is 64.3 Å². The normalized spacial score (nSPS) is 12.3. The Morgan fingerprint density at radius 2 is 2.06 bits per heavy atom. The van der Waals surface area contributed by atoms with E-state index in [1.165, 1.54) is 35.8 Å². The number of rotatable bonds is 11. The third-order valence-corrected chi connectivity index (χ3v) is 7.87. The van der Waals surface area contributed by atoms with Gasteiger partial charge in [-0.2, -0.15) is 0 Å². The van der Waals surface area contributed by atoms with E-state index in [-0.39, 0.29) is 18.3 Å². The molecular weight excluding hydrogens is 484 g/mol. The number of benzene rings is 1. The van der Waals surface area contributed by atoms with Gasteiger partial charge in [-0.05, 0) is 48.9 Å². The lowest BCUT2D eigenvalue weighted by molar-refractivity contribution is -0.113. The summed E-state index contributed by atoms with van der Waals surface area (Å²) in [4.78, 5) is 26.2. The Hall–Kier alpha value is -3.11. The van der Waals surface area contributed by atoms with Gasteiger partial charge in [-0.1, -0.05) is 36.9 Å². The van der Waals surface area contributed by atoms with E-state index in [0.717, 1.165) is 41.9 Å². The second-order valence-electron chi connectivity index (χ2n) is 7.97. The summed E-state index contributed by atoms with van der Waals surface area (Å²) in [6.07, 6.45) is 5.50. The largest absolute Gasteiger partial charge is 0.486 e. The summed E-state index contributed by atoms with van der Waals surface area (Å²) in [6.45, 7) is 6.67. The van der Waals surface area contributed by atoms with E-state index in [1.54, 1.807) is 6.08 Å². The lowest BCUT2D eigenvalue weighted by Crippen LogP contribution is -2.17. The van der Waals surface area contributed by atoms with Crippen LogP contribution in [0.4, 0.5) is 5.00 Å². The third-order valence-electron chi connectivity index (χ3n) is 5.70. The Morgan fingerprint density at radius 1 is 1.26 bits per heavy atom. The molecule has 35 heavy (non-hydrogen) atoms. The van der Waals surface area contributed by atoms with Crippen LogP contribution < -0.4 is 10.1 Å². The maximum atomic E-state index is 12.7. The predicted octanol–water partition coefficient (Wildman–Crippen LogP) is 4.67. The number of nitrogens with one attached hydrogen (secondary N) is 1. The average molecular weight is 513 g/mol. The van der Waals surface area contributed by atoms with Crippen LogP contribution in [0.25, 0.3) is 0 Å². The van der Waals surface area contributed by atoms with E-state index in [2.05, 4.69) is 29.0 Å². The van der Waals surface area contributed by atoms with Gasteiger partial charge in [0.15, 0.2) is 11.0 Å². The molecule has 0 atom stereocenters. The summed E-state index contributed by atoms with van der Waals surface area (Å²) in [6, 6.07) is 7.96. The van der Waals surface area contributed by atoms with Crippen molar-refractivity contribution in [3.8, 4) is 5.75 Å². The molecule has 1 aliphatic rings. The molecule has 1 N–H and O–H groups in total. The van der Waals surface area contributed by atoms with Crippen molar-refractivity contribution in [2.75, 3.05) is 18.2 Å². The highest BCUT2D eigenvalue weighted by atomic mass is 32.2. The first-order valence-corrected chi connectivity index (χ1v) is 13.2. The molecule has 0 aliphatic heterocycles. The van der Waals surface area contributed by atoms with Crippen LogP contribution in [-0.4, -0.2) is 39.5 Å². The molecule has 10 heteroatoms. The first-order chi connectivity index (χ1) is 17.0. The molecule has 0 saturated carbocycles. The van der Waals surface area contributed by atoms with Crippen molar-refractivity contribution in [1.82, 2.24) is 14.8 Å². The van der Waals surface area contributed by atoms with Crippen molar-refractivity contribution in [3.63, 3.8) is 0 Å². The number of thioether (sulfide) groups is 1. The van der Waals surface area contributed by atoms with E-state index >= 15 is 0 Å². The number of amides is 1. The number of carbonyl (C=O) groups is 2. The maximum absolute atomic E-state index is 12.7. The molecule has 0 bridgehead atoms. The topological polar surface area (TPSA) is 95.3 Å². The summed E-state index contributed by atoms with van der Waals surface area (Å²) in [5.41, 5.74) is 2.74. The molecule has 3 aromatic rings. The summed E-state index contributed by atoms with van der Waals surface area (Å²) in [5, 5.41) is 12.6. The van der Waals surface area contributed by atoms with Gasteiger partial charge in [0.1, 0.15) is 17.4 Å². The number of thiophene rings is 1. The molecule has 0 spiro atoms. The molecule has 184 valence electrons. The molecule has 0 radical (unpaired) electrons. The molecule has 2 heterocycles. The van der Waals surface area contributed by atoms with Gasteiger partial charge in [0.25, 0.3) is 0 Å². The molecule has 0 unspecified atom stereocenters. The first-order valence-electron chi connectivity index (χ1n) is 11.4. The van der Waals surface area contributed by atoms with E-state index < -0.39 is 5.97 Å². The van der Waals surface area contributed by atoms with Crippen LogP contribution in [0, 0.1) is 0 Å². The zero-order chi connectivity index (χ0) is 24.8. The van der Waals surface area contributed by atoms with Crippen LogP contribution in [0.5, 0.6) is 5.75 Å². The van der Waals surface area contributed by atoms with Crippen LogP contribution in [0.1, 0.15) is 45.5 Å². The van der Waals surface area contributed by atoms with E-state index in [0.29, 0.717) is 28.1 Å². The number of ether oxygens (including phenoxy) is 2. The lowest BCUT2D eigenvalue weighted by Gasteiger charge is -2.10. The van der Waals surface area contributed by atoms with Crippen molar-refractivity contribution in [2.24, 2.45) is 0 Å². The van der Waals surface area contributed by atoms with Gasteiger partial charge < -0.3 is 14.8 Å². The minimum Gasteiger partial charge on any atom is -0.486 e. The Kier molecular flexibility index (Phi) is 8.25. The predicted molar refractivity (Wildman–Crippen MR) is 137 cm³/mol. The van der Waals surface area contributed by atoms with Gasteiger partial charge in [0.05, 0.1) is 18.4 Å².